The zero-order valence-corrected chi connectivity index (χ0v) is 8.11. The van der Waals surface area contributed by atoms with Crippen LogP contribution in [0.3, 0.4) is 0 Å². The van der Waals surface area contributed by atoms with Gasteiger partial charge in [-0.05, 0) is 30.5 Å². The number of rotatable bonds is 4. The quantitative estimate of drug-likeness (QED) is 0.670. The predicted octanol–water partition coefficient (Wildman–Crippen LogP) is 1.14. The van der Waals surface area contributed by atoms with Gasteiger partial charge in [-0.1, -0.05) is 12.1 Å². The topological polar surface area (TPSA) is 58.3 Å². The molecule has 0 aliphatic heterocycles. The van der Waals surface area contributed by atoms with Gasteiger partial charge in [-0.15, -0.1) is 0 Å². The van der Waals surface area contributed by atoms with Crippen molar-refractivity contribution in [1.82, 2.24) is 5.32 Å². The maximum atomic E-state index is 9.11. The number of hydrogen-bond acceptors (Lipinski definition) is 3. The van der Waals surface area contributed by atoms with Gasteiger partial charge in [0.15, 0.2) is 0 Å². The summed E-state index contributed by atoms with van der Waals surface area (Å²) in [5.74, 6) is 0.288. The van der Waals surface area contributed by atoms with Gasteiger partial charge in [0.1, 0.15) is 5.75 Å². The second kappa shape index (κ2) is 3.98. The van der Waals surface area contributed by atoms with Crippen LogP contribution in [0.5, 0.6) is 5.75 Å². The zero-order valence-electron chi connectivity index (χ0n) is 8.11. The van der Waals surface area contributed by atoms with Crippen LogP contribution in [0.25, 0.3) is 0 Å². The first-order valence-corrected chi connectivity index (χ1v) is 5.03. The van der Waals surface area contributed by atoms with Crippen molar-refractivity contribution in [2.45, 2.75) is 24.9 Å². The number of hydrogen-bond donors (Lipinski definition) is 3. The second-order valence-corrected chi connectivity index (χ2v) is 3.88. The lowest BCUT2D eigenvalue weighted by molar-refractivity contribution is 0.474. The summed E-state index contributed by atoms with van der Waals surface area (Å²) in [5, 5.41) is 12.5. The van der Waals surface area contributed by atoms with E-state index < -0.39 is 0 Å². The molecule has 1 saturated carbocycles. The average Bonchev–Trinajstić information content (AvgIpc) is 2.99. The van der Waals surface area contributed by atoms with Crippen molar-refractivity contribution in [3.63, 3.8) is 0 Å². The standard InChI is InChI=1S/C11H16N2O/c12-11(7-13-9-3-4-9)8-1-5-10(14)6-2-8/h1-2,5-6,9,11,13-14H,3-4,7,12H2. The average molecular weight is 192 g/mol. The smallest absolute Gasteiger partial charge is 0.115 e. The fraction of sp³-hybridized carbons (Fsp3) is 0.455. The minimum Gasteiger partial charge on any atom is -0.508 e. The molecule has 3 heteroatoms. The van der Waals surface area contributed by atoms with E-state index in [2.05, 4.69) is 5.32 Å². The Balaban J connectivity index is 1.88. The first-order valence-electron chi connectivity index (χ1n) is 5.03. The lowest BCUT2D eigenvalue weighted by Gasteiger charge is -2.12. The Morgan fingerprint density at radius 3 is 2.57 bits per heavy atom. The highest BCUT2D eigenvalue weighted by atomic mass is 16.3. The van der Waals surface area contributed by atoms with Gasteiger partial charge in [-0.3, -0.25) is 0 Å². The SMILES string of the molecule is NC(CNC1CC1)c1ccc(O)cc1. The Morgan fingerprint density at radius 2 is 2.00 bits per heavy atom. The van der Waals surface area contributed by atoms with E-state index >= 15 is 0 Å². The third-order valence-electron chi connectivity index (χ3n) is 2.53. The molecule has 0 heterocycles. The second-order valence-electron chi connectivity index (χ2n) is 3.88. The van der Waals surface area contributed by atoms with E-state index in [1.54, 1.807) is 12.1 Å². The molecule has 14 heavy (non-hydrogen) atoms. The molecule has 2 rings (SSSR count). The van der Waals surface area contributed by atoms with Gasteiger partial charge in [-0.25, -0.2) is 0 Å². The number of nitrogens with two attached hydrogens (primary N) is 1. The highest BCUT2D eigenvalue weighted by Crippen LogP contribution is 2.20. The summed E-state index contributed by atoms with van der Waals surface area (Å²) in [6.07, 6.45) is 2.56. The van der Waals surface area contributed by atoms with E-state index in [0.29, 0.717) is 6.04 Å². The first-order chi connectivity index (χ1) is 6.75. The van der Waals surface area contributed by atoms with Crippen LogP contribution in [0.2, 0.25) is 0 Å². The number of aromatic hydroxyl groups is 1. The summed E-state index contributed by atoms with van der Waals surface area (Å²) >= 11 is 0. The Hall–Kier alpha value is -1.06. The van der Waals surface area contributed by atoms with Crippen molar-refractivity contribution in [3.05, 3.63) is 29.8 Å². The van der Waals surface area contributed by atoms with Gasteiger partial charge in [0.25, 0.3) is 0 Å². The molecule has 0 radical (unpaired) electrons. The molecule has 0 saturated heterocycles. The van der Waals surface area contributed by atoms with Crippen molar-refractivity contribution in [2.24, 2.45) is 5.73 Å². The van der Waals surface area contributed by atoms with Crippen LogP contribution < -0.4 is 11.1 Å². The maximum absolute atomic E-state index is 9.11. The normalized spacial score (nSPS) is 18.1. The summed E-state index contributed by atoms with van der Waals surface area (Å²) in [4.78, 5) is 0. The third kappa shape index (κ3) is 2.47. The van der Waals surface area contributed by atoms with Crippen molar-refractivity contribution in [1.29, 1.82) is 0 Å². The molecule has 1 fully saturated rings. The van der Waals surface area contributed by atoms with Gasteiger partial charge < -0.3 is 16.2 Å². The summed E-state index contributed by atoms with van der Waals surface area (Å²) in [5.41, 5.74) is 7.04. The van der Waals surface area contributed by atoms with Gasteiger partial charge in [0, 0.05) is 18.6 Å². The van der Waals surface area contributed by atoms with Gasteiger partial charge in [0.2, 0.25) is 0 Å². The molecule has 0 spiro atoms. The highest BCUT2D eigenvalue weighted by molar-refractivity contribution is 5.27. The molecule has 0 aromatic heterocycles. The molecule has 0 amide bonds. The molecule has 0 bridgehead atoms. The fourth-order valence-corrected chi connectivity index (χ4v) is 1.42. The van der Waals surface area contributed by atoms with Crippen LogP contribution in [0.1, 0.15) is 24.4 Å². The number of benzene rings is 1. The zero-order chi connectivity index (χ0) is 9.97. The predicted molar refractivity (Wildman–Crippen MR) is 56.1 cm³/mol. The largest absolute Gasteiger partial charge is 0.508 e. The summed E-state index contributed by atoms with van der Waals surface area (Å²) in [7, 11) is 0. The van der Waals surface area contributed by atoms with Crippen LogP contribution in [-0.4, -0.2) is 17.7 Å². The van der Waals surface area contributed by atoms with Gasteiger partial charge in [0.05, 0.1) is 0 Å². The Morgan fingerprint density at radius 1 is 1.36 bits per heavy atom. The Kier molecular flexibility index (Phi) is 2.70. The summed E-state index contributed by atoms with van der Waals surface area (Å²) in [6, 6.07) is 7.80. The minimum absolute atomic E-state index is 0.0243. The van der Waals surface area contributed by atoms with Crippen molar-refractivity contribution in [3.8, 4) is 5.75 Å². The lowest BCUT2D eigenvalue weighted by Crippen LogP contribution is -2.28. The fourth-order valence-electron chi connectivity index (χ4n) is 1.42. The van der Waals surface area contributed by atoms with E-state index in [4.69, 9.17) is 10.8 Å². The highest BCUT2D eigenvalue weighted by Gasteiger charge is 2.21. The van der Waals surface area contributed by atoms with Crippen molar-refractivity contribution >= 4 is 0 Å². The Bertz CT molecular complexity index is 293. The Labute approximate surface area is 83.9 Å². The van der Waals surface area contributed by atoms with Crippen LogP contribution in [0, 0.1) is 0 Å². The molecule has 1 aromatic carbocycles. The monoisotopic (exact) mass is 192 g/mol. The van der Waals surface area contributed by atoms with E-state index in [1.807, 2.05) is 12.1 Å². The van der Waals surface area contributed by atoms with E-state index in [9.17, 15) is 0 Å². The molecule has 1 aliphatic carbocycles. The van der Waals surface area contributed by atoms with E-state index in [0.717, 1.165) is 12.1 Å². The van der Waals surface area contributed by atoms with Crippen LogP contribution in [-0.2, 0) is 0 Å². The van der Waals surface area contributed by atoms with Crippen molar-refractivity contribution < 1.29 is 5.11 Å². The van der Waals surface area contributed by atoms with Gasteiger partial charge >= 0.3 is 0 Å². The molecular formula is C11H16N2O. The molecule has 4 N–H and O–H groups in total. The van der Waals surface area contributed by atoms with Gasteiger partial charge in [-0.2, -0.15) is 0 Å². The van der Waals surface area contributed by atoms with Crippen molar-refractivity contribution in [2.75, 3.05) is 6.54 Å². The van der Waals surface area contributed by atoms with Crippen LogP contribution in [0.15, 0.2) is 24.3 Å². The number of phenols is 1. The maximum Gasteiger partial charge on any atom is 0.115 e. The van der Waals surface area contributed by atoms with Crippen LogP contribution >= 0.6 is 0 Å². The third-order valence-corrected chi connectivity index (χ3v) is 2.53. The van der Waals surface area contributed by atoms with Crippen LogP contribution in [0.4, 0.5) is 0 Å². The number of phenolic OH excluding ortho intramolecular Hbond substituents is 1. The lowest BCUT2D eigenvalue weighted by atomic mass is 10.1. The molecule has 76 valence electrons. The molecule has 1 atom stereocenters. The van der Waals surface area contributed by atoms with E-state index in [-0.39, 0.29) is 11.8 Å². The van der Waals surface area contributed by atoms with E-state index in [1.165, 1.54) is 12.8 Å². The molecule has 1 aromatic rings. The molecule has 1 aliphatic rings. The number of nitrogens with one attached hydrogen (secondary N) is 1. The summed E-state index contributed by atoms with van der Waals surface area (Å²) < 4.78 is 0. The summed E-state index contributed by atoms with van der Waals surface area (Å²) in [6.45, 7) is 0.815. The minimum atomic E-state index is 0.0243. The first kappa shape index (κ1) is 9.49. The molecule has 3 nitrogen and oxygen atoms in total. The molecular weight excluding hydrogens is 176 g/mol. The molecule has 1 unspecified atom stereocenters.